The van der Waals surface area contributed by atoms with Crippen LogP contribution < -0.4 is 5.56 Å². The molecule has 1 rings (SSSR count). The SMILES string of the molecule is CCc1nc(C(C)C)c(C)c(=O)[nH]1. The second-order valence-electron chi connectivity index (χ2n) is 3.53. The average molecular weight is 180 g/mol. The molecule has 13 heavy (non-hydrogen) atoms. The molecule has 1 N–H and O–H groups in total. The van der Waals surface area contributed by atoms with Gasteiger partial charge in [0, 0.05) is 12.0 Å². The lowest BCUT2D eigenvalue weighted by Gasteiger charge is -2.08. The molecule has 0 atom stereocenters. The van der Waals surface area contributed by atoms with Crippen molar-refractivity contribution < 1.29 is 0 Å². The van der Waals surface area contributed by atoms with Gasteiger partial charge in [-0.25, -0.2) is 4.98 Å². The van der Waals surface area contributed by atoms with Crippen LogP contribution in [0.15, 0.2) is 4.79 Å². The van der Waals surface area contributed by atoms with E-state index in [2.05, 4.69) is 9.97 Å². The first-order valence-corrected chi connectivity index (χ1v) is 4.66. The van der Waals surface area contributed by atoms with Gasteiger partial charge in [-0.3, -0.25) is 4.79 Å². The molecule has 1 aromatic rings. The number of hydrogen-bond donors (Lipinski definition) is 1. The molecule has 3 nitrogen and oxygen atoms in total. The van der Waals surface area contributed by atoms with E-state index in [9.17, 15) is 4.79 Å². The first kappa shape index (κ1) is 9.96. The molecule has 0 unspecified atom stereocenters. The van der Waals surface area contributed by atoms with E-state index in [1.165, 1.54) is 0 Å². The molecule has 0 bridgehead atoms. The minimum Gasteiger partial charge on any atom is -0.310 e. The third-order valence-corrected chi connectivity index (χ3v) is 2.12. The van der Waals surface area contributed by atoms with Gasteiger partial charge < -0.3 is 4.98 Å². The Balaban J connectivity index is 3.33. The van der Waals surface area contributed by atoms with Crippen LogP contribution in [0.4, 0.5) is 0 Å². The summed E-state index contributed by atoms with van der Waals surface area (Å²) in [5.74, 6) is 1.09. The van der Waals surface area contributed by atoms with Gasteiger partial charge in [0.1, 0.15) is 5.82 Å². The lowest BCUT2D eigenvalue weighted by Crippen LogP contribution is -2.18. The van der Waals surface area contributed by atoms with Gasteiger partial charge >= 0.3 is 0 Å². The Bertz CT molecular complexity index is 352. The topological polar surface area (TPSA) is 45.8 Å². The molecule has 0 radical (unpaired) electrons. The summed E-state index contributed by atoms with van der Waals surface area (Å²) in [7, 11) is 0. The Morgan fingerprint density at radius 1 is 1.46 bits per heavy atom. The van der Waals surface area contributed by atoms with E-state index in [1.54, 1.807) is 0 Å². The fourth-order valence-electron chi connectivity index (χ4n) is 1.33. The molecular formula is C10H16N2O. The van der Waals surface area contributed by atoms with E-state index in [4.69, 9.17) is 0 Å². The zero-order valence-electron chi connectivity index (χ0n) is 8.64. The smallest absolute Gasteiger partial charge is 0.254 e. The van der Waals surface area contributed by atoms with Gasteiger partial charge in [-0.1, -0.05) is 20.8 Å². The predicted molar refractivity (Wildman–Crippen MR) is 53.1 cm³/mol. The lowest BCUT2D eigenvalue weighted by molar-refractivity contribution is 0.765. The molecule has 1 aromatic heterocycles. The molecule has 1 heterocycles. The van der Waals surface area contributed by atoms with Gasteiger partial charge in [-0.15, -0.1) is 0 Å². The normalized spacial score (nSPS) is 10.8. The van der Waals surface area contributed by atoms with Crippen molar-refractivity contribution in [1.82, 2.24) is 9.97 Å². The fourth-order valence-corrected chi connectivity index (χ4v) is 1.33. The molecule has 3 heteroatoms. The maximum atomic E-state index is 11.4. The van der Waals surface area contributed by atoms with Crippen LogP contribution in [0.1, 0.15) is 43.8 Å². The summed E-state index contributed by atoms with van der Waals surface area (Å²) in [4.78, 5) is 18.6. The molecule has 0 saturated carbocycles. The first-order valence-electron chi connectivity index (χ1n) is 4.66. The van der Waals surface area contributed by atoms with Crippen molar-refractivity contribution >= 4 is 0 Å². The molecule has 0 amide bonds. The average Bonchev–Trinajstić information content (AvgIpc) is 2.09. The van der Waals surface area contributed by atoms with Crippen molar-refractivity contribution in [3.63, 3.8) is 0 Å². The molecule has 0 fully saturated rings. The first-order chi connectivity index (χ1) is 6.06. The highest BCUT2D eigenvalue weighted by molar-refractivity contribution is 5.19. The summed E-state index contributed by atoms with van der Waals surface area (Å²) in [6, 6.07) is 0. The highest BCUT2D eigenvalue weighted by Crippen LogP contribution is 2.12. The Kier molecular flexibility index (Phi) is 2.86. The van der Waals surface area contributed by atoms with E-state index in [0.29, 0.717) is 5.92 Å². The van der Waals surface area contributed by atoms with Crippen molar-refractivity contribution in [1.29, 1.82) is 0 Å². The van der Waals surface area contributed by atoms with E-state index in [0.717, 1.165) is 23.5 Å². The van der Waals surface area contributed by atoms with E-state index in [-0.39, 0.29) is 5.56 Å². The Morgan fingerprint density at radius 2 is 2.08 bits per heavy atom. The van der Waals surface area contributed by atoms with E-state index >= 15 is 0 Å². The fraction of sp³-hybridized carbons (Fsp3) is 0.600. The van der Waals surface area contributed by atoms with Crippen LogP contribution in [0.3, 0.4) is 0 Å². The summed E-state index contributed by atoms with van der Waals surface area (Å²) in [5, 5.41) is 0. The van der Waals surface area contributed by atoms with Gasteiger partial charge in [0.2, 0.25) is 0 Å². The summed E-state index contributed by atoms with van der Waals surface area (Å²) < 4.78 is 0. The van der Waals surface area contributed by atoms with Crippen LogP contribution in [0.2, 0.25) is 0 Å². The number of nitrogens with zero attached hydrogens (tertiary/aromatic N) is 1. The third-order valence-electron chi connectivity index (χ3n) is 2.12. The number of aryl methyl sites for hydroxylation is 1. The number of aromatic nitrogens is 2. The number of nitrogens with one attached hydrogen (secondary N) is 1. The quantitative estimate of drug-likeness (QED) is 0.753. The van der Waals surface area contributed by atoms with Crippen LogP contribution in [-0.4, -0.2) is 9.97 Å². The Hall–Kier alpha value is -1.12. The summed E-state index contributed by atoms with van der Waals surface area (Å²) in [6.45, 7) is 7.90. The van der Waals surface area contributed by atoms with Gasteiger partial charge in [0.25, 0.3) is 5.56 Å². The number of rotatable bonds is 2. The van der Waals surface area contributed by atoms with Gasteiger partial charge in [0.15, 0.2) is 0 Å². The van der Waals surface area contributed by atoms with Gasteiger partial charge in [-0.05, 0) is 12.8 Å². The van der Waals surface area contributed by atoms with Crippen LogP contribution in [-0.2, 0) is 6.42 Å². The number of hydrogen-bond acceptors (Lipinski definition) is 2. The third kappa shape index (κ3) is 1.97. The largest absolute Gasteiger partial charge is 0.310 e. The standard InChI is InChI=1S/C10H16N2O/c1-5-8-11-9(6(2)3)7(4)10(13)12-8/h6H,5H2,1-4H3,(H,11,12,13). The molecule has 0 spiro atoms. The van der Waals surface area contributed by atoms with E-state index in [1.807, 2.05) is 27.7 Å². The molecule has 0 aliphatic rings. The van der Waals surface area contributed by atoms with Crippen molar-refractivity contribution in [2.24, 2.45) is 0 Å². The summed E-state index contributed by atoms with van der Waals surface area (Å²) >= 11 is 0. The predicted octanol–water partition coefficient (Wildman–Crippen LogP) is 1.76. The van der Waals surface area contributed by atoms with Gasteiger partial charge in [-0.2, -0.15) is 0 Å². The van der Waals surface area contributed by atoms with Crippen molar-refractivity contribution in [3.05, 3.63) is 27.4 Å². The van der Waals surface area contributed by atoms with Crippen LogP contribution in [0.25, 0.3) is 0 Å². The Morgan fingerprint density at radius 3 is 2.54 bits per heavy atom. The monoisotopic (exact) mass is 180 g/mol. The minimum absolute atomic E-state index is 0.00412. The summed E-state index contributed by atoms with van der Waals surface area (Å²) in [6.07, 6.45) is 0.773. The summed E-state index contributed by atoms with van der Waals surface area (Å²) in [5.41, 5.74) is 1.66. The highest BCUT2D eigenvalue weighted by Gasteiger charge is 2.09. The van der Waals surface area contributed by atoms with Crippen LogP contribution in [0, 0.1) is 6.92 Å². The highest BCUT2D eigenvalue weighted by atomic mass is 16.1. The number of H-pyrrole nitrogens is 1. The van der Waals surface area contributed by atoms with Gasteiger partial charge in [0.05, 0.1) is 5.69 Å². The molecule has 72 valence electrons. The lowest BCUT2D eigenvalue weighted by atomic mass is 10.1. The maximum Gasteiger partial charge on any atom is 0.254 e. The second kappa shape index (κ2) is 3.73. The maximum absolute atomic E-state index is 11.4. The molecule has 0 aromatic carbocycles. The molecule has 0 aliphatic carbocycles. The van der Waals surface area contributed by atoms with Crippen molar-refractivity contribution in [2.45, 2.75) is 40.0 Å². The molecule has 0 saturated heterocycles. The zero-order chi connectivity index (χ0) is 10.0. The molecular weight excluding hydrogens is 164 g/mol. The molecule has 0 aliphatic heterocycles. The van der Waals surface area contributed by atoms with Crippen LogP contribution in [0.5, 0.6) is 0 Å². The van der Waals surface area contributed by atoms with Crippen molar-refractivity contribution in [3.8, 4) is 0 Å². The zero-order valence-corrected chi connectivity index (χ0v) is 8.64. The van der Waals surface area contributed by atoms with Crippen LogP contribution >= 0.6 is 0 Å². The van der Waals surface area contributed by atoms with Crippen molar-refractivity contribution in [2.75, 3.05) is 0 Å². The Labute approximate surface area is 78.2 Å². The second-order valence-corrected chi connectivity index (χ2v) is 3.53. The number of aromatic amines is 1. The minimum atomic E-state index is -0.00412. The van der Waals surface area contributed by atoms with E-state index < -0.39 is 0 Å².